The lowest BCUT2D eigenvalue weighted by Gasteiger charge is -2.24. The van der Waals surface area contributed by atoms with Gasteiger partial charge in [0.25, 0.3) is 0 Å². The first-order valence-electron chi connectivity index (χ1n) is 8.47. The second kappa shape index (κ2) is 6.92. The molecule has 0 spiro atoms. The highest BCUT2D eigenvalue weighted by atomic mass is 32.2. The van der Waals surface area contributed by atoms with Crippen molar-refractivity contribution in [2.24, 2.45) is 4.99 Å². The van der Waals surface area contributed by atoms with E-state index in [4.69, 9.17) is 8.92 Å². The van der Waals surface area contributed by atoms with E-state index >= 15 is 0 Å². The minimum absolute atomic E-state index is 0.0721. The van der Waals surface area contributed by atoms with Crippen LogP contribution in [-0.2, 0) is 20.7 Å². The number of hydrogen-bond acceptors (Lipinski definition) is 6. The first-order chi connectivity index (χ1) is 13.1. The van der Waals surface area contributed by atoms with E-state index in [1.165, 1.54) is 6.07 Å². The molecule has 4 rings (SSSR count). The fourth-order valence-electron chi connectivity index (χ4n) is 2.97. The van der Waals surface area contributed by atoms with Gasteiger partial charge in [-0.05, 0) is 48.4 Å². The molecule has 0 N–H and O–H groups in total. The zero-order valence-corrected chi connectivity index (χ0v) is 15.5. The molecule has 0 bridgehead atoms. The number of para-hydroxylation sites is 1. The second-order valence-corrected chi connectivity index (χ2v) is 7.62. The summed E-state index contributed by atoms with van der Waals surface area (Å²) in [4.78, 5) is 6.55. The van der Waals surface area contributed by atoms with Gasteiger partial charge in [0.15, 0.2) is 11.6 Å². The van der Waals surface area contributed by atoms with Gasteiger partial charge < -0.3 is 13.8 Å². The van der Waals surface area contributed by atoms with Gasteiger partial charge in [0, 0.05) is 12.7 Å². The third-order valence-electron chi connectivity index (χ3n) is 4.37. The molecule has 0 saturated heterocycles. The summed E-state index contributed by atoms with van der Waals surface area (Å²) >= 11 is 0. The molecule has 6 nitrogen and oxygen atoms in total. The maximum Gasteiger partial charge on any atom is 0.341 e. The Hall–Kier alpha value is -3.06. The summed E-state index contributed by atoms with van der Waals surface area (Å²) in [7, 11) is -2.27. The van der Waals surface area contributed by atoms with Gasteiger partial charge in [-0.3, -0.25) is 0 Å². The Morgan fingerprint density at radius 2 is 1.89 bits per heavy atom. The normalized spacial score (nSPS) is 17.0. The number of amidine groups is 1. The van der Waals surface area contributed by atoms with Gasteiger partial charge in [0.05, 0.1) is 12.8 Å². The van der Waals surface area contributed by atoms with Crippen LogP contribution in [0.5, 0.6) is 5.75 Å². The van der Waals surface area contributed by atoms with Gasteiger partial charge in [-0.1, -0.05) is 24.3 Å². The first-order valence-corrected chi connectivity index (χ1v) is 9.88. The van der Waals surface area contributed by atoms with Crippen LogP contribution in [0.15, 0.2) is 82.5 Å². The van der Waals surface area contributed by atoms with Gasteiger partial charge in [-0.15, -0.1) is 0 Å². The van der Waals surface area contributed by atoms with Crippen molar-refractivity contribution in [1.82, 2.24) is 4.90 Å². The van der Waals surface area contributed by atoms with Crippen LogP contribution >= 0.6 is 0 Å². The summed E-state index contributed by atoms with van der Waals surface area (Å²) in [5.41, 5.74) is 1.52. The van der Waals surface area contributed by atoms with Gasteiger partial charge >= 0.3 is 10.1 Å². The van der Waals surface area contributed by atoms with Crippen molar-refractivity contribution >= 4 is 21.6 Å². The van der Waals surface area contributed by atoms with Gasteiger partial charge in [-0.25, -0.2) is 4.99 Å². The van der Waals surface area contributed by atoms with Crippen LogP contribution in [0, 0.1) is 0 Å². The molecule has 2 aliphatic heterocycles. The number of ether oxygens (including phenoxy) is 1. The van der Waals surface area contributed by atoms with Crippen LogP contribution in [0.3, 0.4) is 0 Å². The molecule has 2 aliphatic rings. The third-order valence-corrected chi connectivity index (χ3v) is 5.65. The van der Waals surface area contributed by atoms with Crippen LogP contribution in [0.1, 0.15) is 5.56 Å². The number of methoxy groups -OCH3 is 1. The molecule has 27 heavy (non-hydrogen) atoms. The molecule has 0 fully saturated rings. The molecule has 0 aromatic heterocycles. The van der Waals surface area contributed by atoms with Crippen LogP contribution < -0.4 is 4.74 Å². The smallest absolute Gasteiger partial charge is 0.341 e. The van der Waals surface area contributed by atoms with E-state index in [2.05, 4.69) is 4.99 Å². The minimum atomic E-state index is -3.90. The van der Waals surface area contributed by atoms with Crippen molar-refractivity contribution in [3.8, 4) is 5.75 Å². The molecule has 138 valence electrons. The van der Waals surface area contributed by atoms with E-state index in [0.717, 1.165) is 17.7 Å². The molecule has 2 heterocycles. The van der Waals surface area contributed by atoms with Crippen molar-refractivity contribution in [2.75, 3.05) is 13.7 Å². The van der Waals surface area contributed by atoms with Crippen LogP contribution in [0.4, 0.5) is 5.69 Å². The highest BCUT2D eigenvalue weighted by Gasteiger charge is 2.30. The monoisotopic (exact) mass is 382 g/mol. The third kappa shape index (κ3) is 3.46. The Balaban J connectivity index is 1.61. The summed E-state index contributed by atoms with van der Waals surface area (Å²) in [6.45, 7) is 0.630. The van der Waals surface area contributed by atoms with Crippen molar-refractivity contribution < 1.29 is 17.3 Å². The van der Waals surface area contributed by atoms with Crippen molar-refractivity contribution in [1.29, 1.82) is 0 Å². The number of hydrogen-bond donors (Lipinski definition) is 0. The molecule has 0 aliphatic carbocycles. The average Bonchev–Trinajstić information content (AvgIpc) is 2.80. The van der Waals surface area contributed by atoms with Gasteiger partial charge in [-0.2, -0.15) is 8.42 Å². The molecule has 0 atom stereocenters. The van der Waals surface area contributed by atoms with E-state index in [1.807, 2.05) is 35.4 Å². The van der Waals surface area contributed by atoms with Crippen LogP contribution in [0.2, 0.25) is 0 Å². The molecule has 7 heteroatoms. The Morgan fingerprint density at radius 1 is 1.11 bits per heavy atom. The van der Waals surface area contributed by atoms with Gasteiger partial charge in [0.1, 0.15) is 10.6 Å². The molecule has 2 aromatic carbocycles. The maximum absolute atomic E-state index is 12.5. The lowest BCUT2D eigenvalue weighted by molar-refractivity contribution is 0.412. The Kier molecular flexibility index (Phi) is 4.45. The Morgan fingerprint density at radius 3 is 2.67 bits per heavy atom. The van der Waals surface area contributed by atoms with E-state index in [9.17, 15) is 8.42 Å². The highest BCUT2D eigenvalue weighted by molar-refractivity contribution is 7.87. The minimum Gasteiger partial charge on any atom is -0.497 e. The van der Waals surface area contributed by atoms with Crippen molar-refractivity contribution in [3.63, 3.8) is 0 Å². The van der Waals surface area contributed by atoms with E-state index in [1.54, 1.807) is 37.5 Å². The summed E-state index contributed by atoms with van der Waals surface area (Å²) in [6.07, 6.45) is 6.00. The topological polar surface area (TPSA) is 68.2 Å². The van der Waals surface area contributed by atoms with E-state index in [-0.39, 0.29) is 10.7 Å². The molecular weight excluding hydrogens is 364 g/mol. The standard InChI is InChI=1S/C20H18N2O4S/c1-25-16-10-8-15(9-11-16)12-14-22-13-4-6-18-20(22)21-17-5-2-3-7-19(17)27(23,24)26-18/h2-11,13H,12,14H2,1H3. The lowest BCUT2D eigenvalue weighted by atomic mass is 10.1. The number of aliphatic imine (C=N–C) groups is 1. The average molecular weight is 382 g/mol. The number of nitrogens with zero attached hydrogens (tertiary/aromatic N) is 2. The predicted molar refractivity (Wildman–Crippen MR) is 102 cm³/mol. The molecule has 0 amide bonds. The van der Waals surface area contributed by atoms with Crippen molar-refractivity contribution in [2.45, 2.75) is 11.3 Å². The zero-order valence-electron chi connectivity index (χ0n) is 14.7. The largest absolute Gasteiger partial charge is 0.497 e. The number of benzene rings is 2. The van der Waals surface area contributed by atoms with Crippen LogP contribution in [0.25, 0.3) is 0 Å². The van der Waals surface area contributed by atoms with Gasteiger partial charge in [0.2, 0.25) is 0 Å². The lowest BCUT2D eigenvalue weighted by Crippen LogP contribution is -2.31. The summed E-state index contributed by atoms with van der Waals surface area (Å²) in [5.74, 6) is 1.52. The number of rotatable bonds is 4. The quantitative estimate of drug-likeness (QED) is 0.758. The molecule has 0 saturated carbocycles. The second-order valence-electron chi connectivity index (χ2n) is 6.10. The number of allylic oxidation sites excluding steroid dienone is 2. The van der Waals surface area contributed by atoms with E-state index < -0.39 is 10.1 Å². The van der Waals surface area contributed by atoms with Crippen LogP contribution in [-0.4, -0.2) is 32.8 Å². The van der Waals surface area contributed by atoms with Crippen molar-refractivity contribution in [3.05, 3.63) is 78.2 Å². The maximum atomic E-state index is 12.5. The summed E-state index contributed by atoms with van der Waals surface area (Å²) in [6, 6.07) is 14.4. The summed E-state index contributed by atoms with van der Waals surface area (Å²) < 4.78 is 35.5. The molecule has 2 aromatic rings. The highest BCUT2D eigenvalue weighted by Crippen LogP contribution is 2.33. The Labute approximate surface area is 158 Å². The predicted octanol–water partition coefficient (Wildman–Crippen LogP) is 3.40. The fraction of sp³-hybridized carbons (Fsp3) is 0.150. The molecule has 0 radical (unpaired) electrons. The number of fused-ring (bicyclic) bond motifs is 2. The SMILES string of the molecule is COc1ccc(CCN2C=CC=C3OS(=O)(=O)c4ccccc4N=C32)cc1. The molecular formula is C20H18N2O4S. The Bertz CT molecular complexity index is 1050. The zero-order chi connectivity index (χ0) is 18.9. The fourth-order valence-corrected chi connectivity index (χ4v) is 4.04. The summed E-state index contributed by atoms with van der Waals surface area (Å²) in [5, 5.41) is 0. The molecule has 0 unspecified atom stereocenters. The first kappa shape index (κ1) is 17.4. The van der Waals surface area contributed by atoms with E-state index in [0.29, 0.717) is 18.1 Å².